The number of benzene rings is 1. The quantitative estimate of drug-likeness (QED) is 0.755. The predicted octanol–water partition coefficient (Wildman–Crippen LogP) is 1.47. The van der Waals surface area contributed by atoms with Crippen LogP contribution in [0.2, 0.25) is 0 Å². The van der Waals surface area contributed by atoms with Crippen LogP contribution in [0.25, 0.3) is 0 Å². The Morgan fingerprint density at radius 2 is 1.96 bits per heavy atom. The van der Waals surface area contributed by atoms with E-state index in [1.165, 1.54) is 12.1 Å². The number of hydrogen-bond donors (Lipinski definition) is 3. The van der Waals surface area contributed by atoms with Crippen LogP contribution in [0.3, 0.4) is 0 Å². The van der Waals surface area contributed by atoms with E-state index in [-0.39, 0.29) is 23.0 Å². The highest BCUT2D eigenvalue weighted by Crippen LogP contribution is 2.38. The van der Waals surface area contributed by atoms with Crippen molar-refractivity contribution in [2.45, 2.75) is 6.18 Å². The van der Waals surface area contributed by atoms with Gasteiger partial charge in [0, 0.05) is 0 Å². The maximum absolute atomic E-state index is 12.8. The van der Waals surface area contributed by atoms with Gasteiger partial charge in [-0.2, -0.15) is 18.3 Å². The molecule has 0 spiro atoms. The van der Waals surface area contributed by atoms with Crippen molar-refractivity contribution in [3.8, 4) is 0 Å². The summed E-state index contributed by atoms with van der Waals surface area (Å²) in [4.78, 5) is 0. The van der Waals surface area contributed by atoms with E-state index >= 15 is 0 Å². The fourth-order valence-electron chi connectivity index (χ4n) is 2.06. The Labute approximate surface area is 128 Å². The number of alkyl halides is 3. The number of nitrogen functional groups attached to an aromatic ring is 1. The molecule has 4 N–H and O–H groups in total. The van der Waals surface area contributed by atoms with Gasteiger partial charge in [-0.25, -0.2) is 8.42 Å². The average molecular weight is 348 g/mol. The van der Waals surface area contributed by atoms with Gasteiger partial charge in [0.1, 0.15) is 5.69 Å². The predicted molar refractivity (Wildman–Crippen MR) is 78.0 cm³/mol. The Balaban J connectivity index is 1.97. The lowest BCUT2D eigenvalue weighted by atomic mass is 10.2. The lowest BCUT2D eigenvalue weighted by Crippen LogP contribution is -2.31. The number of fused-ring (bicyclic) bond motifs is 1. The summed E-state index contributed by atoms with van der Waals surface area (Å²) in [5.74, 6) is -0.0881. The molecule has 0 bridgehead atoms. The van der Waals surface area contributed by atoms with E-state index in [0.717, 1.165) is 23.5 Å². The number of rotatable bonds is 2. The first-order chi connectivity index (χ1) is 10.6. The second kappa shape index (κ2) is 4.68. The van der Waals surface area contributed by atoms with Crippen molar-refractivity contribution in [2.75, 3.05) is 28.0 Å². The molecule has 0 saturated heterocycles. The molecule has 1 aromatic heterocycles. The van der Waals surface area contributed by atoms with Gasteiger partial charge in [0.2, 0.25) is 0 Å². The molecule has 23 heavy (non-hydrogen) atoms. The lowest BCUT2D eigenvalue weighted by molar-refractivity contribution is -0.137. The molecule has 1 aliphatic rings. The SMILES string of the molecule is CS(=O)(=O)n1nc(N)c2c1NN(c1cccc(C(F)(F)F)c1)N2. The zero-order chi connectivity index (χ0) is 17.0. The largest absolute Gasteiger partial charge is 0.416 e. The van der Waals surface area contributed by atoms with Crippen LogP contribution in [0.5, 0.6) is 0 Å². The van der Waals surface area contributed by atoms with Crippen molar-refractivity contribution in [3.63, 3.8) is 0 Å². The minimum atomic E-state index is -4.49. The fourth-order valence-corrected chi connectivity index (χ4v) is 2.76. The number of hydrazine groups is 2. The van der Waals surface area contributed by atoms with Gasteiger partial charge in [-0.3, -0.25) is 10.9 Å². The number of nitrogens with two attached hydrogens (primary N) is 1. The summed E-state index contributed by atoms with van der Waals surface area (Å²) in [7, 11) is -3.73. The molecule has 0 saturated carbocycles. The fraction of sp³-hybridized carbons (Fsp3) is 0.182. The molecule has 12 heteroatoms. The van der Waals surface area contributed by atoms with Crippen molar-refractivity contribution in [1.82, 2.24) is 9.19 Å². The Morgan fingerprint density at radius 1 is 1.26 bits per heavy atom. The van der Waals surface area contributed by atoms with E-state index in [1.807, 2.05) is 0 Å². The van der Waals surface area contributed by atoms with Crippen molar-refractivity contribution in [2.24, 2.45) is 0 Å². The van der Waals surface area contributed by atoms with Crippen LogP contribution in [0.15, 0.2) is 24.3 Å². The molecule has 1 aliphatic heterocycles. The van der Waals surface area contributed by atoms with Crippen molar-refractivity contribution >= 4 is 33.0 Å². The van der Waals surface area contributed by atoms with Gasteiger partial charge in [-0.15, -0.1) is 9.19 Å². The third kappa shape index (κ3) is 2.60. The van der Waals surface area contributed by atoms with Crippen LogP contribution in [0.1, 0.15) is 5.56 Å². The first-order valence-corrected chi connectivity index (χ1v) is 8.02. The number of aromatic nitrogens is 2. The van der Waals surface area contributed by atoms with Crippen LogP contribution in [0, 0.1) is 0 Å². The Hall–Kier alpha value is -2.63. The Morgan fingerprint density at radius 3 is 2.57 bits per heavy atom. The summed E-state index contributed by atoms with van der Waals surface area (Å²) in [5.41, 5.74) is 10.4. The van der Waals surface area contributed by atoms with Gasteiger partial charge in [-0.05, 0) is 18.2 Å². The zero-order valence-electron chi connectivity index (χ0n) is 11.6. The highest BCUT2D eigenvalue weighted by molar-refractivity contribution is 7.89. The van der Waals surface area contributed by atoms with E-state index in [9.17, 15) is 21.6 Å². The number of halogens is 3. The summed E-state index contributed by atoms with van der Waals surface area (Å²) in [6.07, 6.45) is -3.57. The Bertz CT molecular complexity index is 876. The standard InChI is InChI=1S/C11H11F3N6O2S/c1-23(21,22)20-10-8(9(15)17-20)16-19(18-10)7-4-2-3-6(5-7)11(12,13)14/h2-5,16,18H,1H3,(H2,15,17). The molecule has 1 aromatic carbocycles. The second-order valence-electron chi connectivity index (χ2n) is 4.82. The van der Waals surface area contributed by atoms with Crippen molar-refractivity contribution in [1.29, 1.82) is 0 Å². The summed E-state index contributed by atoms with van der Waals surface area (Å²) in [6.45, 7) is 0. The monoisotopic (exact) mass is 348 g/mol. The minimum absolute atomic E-state index is 0.0161. The molecule has 2 aromatic rings. The molecule has 0 fully saturated rings. The molecule has 3 rings (SSSR count). The molecule has 2 heterocycles. The van der Waals surface area contributed by atoms with Crippen LogP contribution < -0.4 is 21.7 Å². The topological polar surface area (TPSA) is 105 Å². The molecule has 8 nitrogen and oxygen atoms in total. The van der Waals surface area contributed by atoms with Gasteiger partial charge in [0.05, 0.1) is 17.5 Å². The summed E-state index contributed by atoms with van der Waals surface area (Å²) in [6, 6.07) is 4.48. The second-order valence-corrected chi connectivity index (χ2v) is 6.63. The first-order valence-electron chi connectivity index (χ1n) is 6.17. The van der Waals surface area contributed by atoms with E-state index in [1.54, 1.807) is 0 Å². The minimum Gasteiger partial charge on any atom is -0.380 e. The summed E-state index contributed by atoms with van der Waals surface area (Å²) >= 11 is 0. The molecule has 124 valence electrons. The van der Waals surface area contributed by atoms with Crippen molar-refractivity contribution < 1.29 is 21.6 Å². The van der Waals surface area contributed by atoms with Gasteiger partial charge in [0.15, 0.2) is 11.6 Å². The third-order valence-electron chi connectivity index (χ3n) is 3.07. The molecular formula is C11H11F3N6O2S. The Kier molecular flexibility index (Phi) is 3.11. The third-order valence-corrected chi connectivity index (χ3v) is 3.96. The highest BCUT2D eigenvalue weighted by atomic mass is 32.2. The molecule has 0 unspecified atom stereocenters. The van der Waals surface area contributed by atoms with E-state index < -0.39 is 21.8 Å². The van der Waals surface area contributed by atoms with Crippen LogP contribution in [-0.2, 0) is 16.2 Å². The maximum atomic E-state index is 12.8. The molecule has 0 aliphatic carbocycles. The first kappa shape index (κ1) is 15.3. The number of nitrogens with zero attached hydrogens (tertiary/aromatic N) is 3. The van der Waals surface area contributed by atoms with Crippen molar-refractivity contribution in [3.05, 3.63) is 29.8 Å². The van der Waals surface area contributed by atoms with E-state index in [4.69, 9.17) is 5.73 Å². The molecule has 0 radical (unpaired) electrons. The van der Waals surface area contributed by atoms with E-state index in [2.05, 4.69) is 16.0 Å². The van der Waals surface area contributed by atoms with Crippen LogP contribution in [0.4, 0.5) is 36.2 Å². The molecule has 0 atom stereocenters. The lowest BCUT2D eigenvalue weighted by Gasteiger charge is -2.20. The van der Waals surface area contributed by atoms with Gasteiger partial charge < -0.3 is 5.73 Å². The number of nitrogens with one attached hydrogen (secondary N) is 2. The smallest absolute Gasteiger partial charge is 0.380 e. The average Bonchev–Trinajstić information content (AvgIpc) is 2.98. The number of anilines is 4. The summed E-state index contributed by atoms with van der Waals surface area (Å²) in [5, 5.41) is 4.79. The van der Waals surface area contributed by atoms with Gasteiger partial charge in [0.25, 0.3) is 10.0 Å². The molecule has 0 amide bonds. The zero-order valence-corrected chi connectivity index (χ0v) is 12.4. The molecular weight excluding hydrogens is 337 g/mol. The highest BCUT2D eigenvalue weighted by Gasteiger charge is 2.33. The summed E-state index contributed by atoms with van der Waals surface area (Å²) < 4.78 is 62.3. The maximum Gasteiger partial charge on any atom is 0.416 e. The van der Waals surface area contributed by atoms with Gasteiger partial charge >= 0.3 is 6.18 Å². The van der Waals surface area contributed by atoms with Crippen LogP contribution >= 0.6 is 0 Å². The normalized spacial score (nSPS) is 14.3. The van der Waals surface area contributed by atoms with Gasteiger partial charge in [-0.1, -0.05) is 6.07 Å². The van der Waals surface area contributed by atoms with Crippen LogP contribution in [-0.4, -0.2) is 23.9 Å². The number of hydrogen-bond acceptors (Lipinski definition) is 7. The van der Waals surface area contributed by atoms with E-state index in [0.29, 0.717) is 4.09 Å².